The highest BCUT2D eigenvalue weighted by atomic mass is 32.2. The Morgan fingerprint density at radius 2 is 1.96 bits per heavy atom. The van der Waals surface area contributed by atoms with Crippen LogP contribution in [0.3, 0.4) is 0 Å². The number of sulfone groups is 1. The molecule has 0 spiro atoms. The average molecular weight is 391 g/mol. The molecule has 2 heterocycles. The predicted octanol–water partition coefficient (Wildman–Crippen LogP) is 1.94. The largest absolute Gasteiger partial charge is 0.371 e. The van der Waals surface area contributed by atoms with Crippen LogP contribution >= 0.6 is 0 Å². The molecule has 7 nitrogen and oxygen atoms in total. The van der Waals surface area contributed by atoms with Gasteiger partial charge in [-0.05, 0) is 39.3 Å². The molecule has 1 aromatic heterocycles. The van der Waals surface area contributed by atoms with Crippen molar-refractivity contribution in [3.63, 3.8) is 0 Å². The van der Waals surface area contributed by atoms with Crippen molar-refractivity contribution in [3.05, 3.63) is 41.7 Å². The molecule has 1 aliphatic rings. The van der Waals surface area contributed by atoms with Crippen LogP contribution in [0, 0.1) is 13.8 Å². The summed E-state index contributed by atoms with van der Waals surface area (Å²) in [6, 6.07) is 9.09. The molecule has 1 aliphatic heterocycles. The molecule has 1 N–H and O–H groups in total. The number of aromatic nitrogens is 2. The van der Waals surface area contributed by atoms with Crippen LogP contribution < -0.4 is 5.32 Å². The topological polar surface area (TPSA) is 84.3 Å². The van der Waals surface area contributed by atoms with E-state index in [1.807, 2.05) is 48.9 Å². The maximum absolute atomic E-state index is 12.8. The Labute approximate surface area is 160 Å². The molecule has 0 radical (unpaired) electrons. The molecule has 1 fully saturated rings. The fourth-order valence-corrected chi connectivity index (χ4v) is 5.29. The third-order valence-corrected chi connectivity index (χ3v) is 6.88. The lowest BCUT2D eigenvalue weighted by Gasteiger charge is -2.27. The SMILES string of the molecule is Cc1nn(-c2ccccc2)c(C)c1NC(C)C(=O)N(C)C1CCS(=O)(=O)C1. The van der Waals surface area contributed by atoms with E-state index in [0.29, 0.717) is 6.42 Å². The molecular weight excluding hydrogens is 364 g/mol. The first-order valence-electron chi connectivity index (χ1n) is 9.05. The maximum atomic E-state index is 12.8. The van der Waals surface area contributed by atoms with E-state index in [4.69, 9.17) is 0 Å². The monoisotopic (exact) mass is 390 g/mol. The standard InChI is InChI=1S/C19H26N4O3S/c1-13-18(15(3)23(21-13)16-8-6-5-7-9-16)20-14(2)19(24)22(4)17-10-11-27(25,26)12-17/h5-9,14,17,20H,10-12H2,1-4H3. The first-order valence-corrected chi connectivity index (χ1v) is 10.9. The van der Waals surface area contributed by atoms with Crippen molar-refractivity contribution in [2.75, 3.05) is 23.9 Å². The van der Waals surface area contributed by atoms with E-state index in [2.05, 4.69) is 10.4 Å². The van der Waals surface area contributed by atoms with Gasteiger partial charge in [0, 0.05) is 13.1 Å². The van der Waals surface area contributed by atoms with Gasteiger partial charge in [0.05, 0.1) is 34.3 Å². The minimum Gasteiger partial charge on any atom is -0.371 e. The van der Waals surface area contributed by atoms with Gasteiger partial charge in [-0.2, -0.15) is 5.10 Å². The number of carbonyl (C=O) groups is 1. The number of benzene rings is 1. The second-order valence-corrected chi connectivity index (χ2v) is 9.39. The van der Waals surface area contributed by atoms with Crippen LogP contribution in [0.15, 0.2) is 30.3 Å². The molecule has 2 unspecified atom stereocenters. The molecule has 0 aliphatic carbocycles. The quantitative estimate of drug-likeness (QED) is 0.843. The Morgan fingerprint density at radius 3 is 2.56 bits per heavy atom. The van der Waals surface area contributed by atoms with Crippen molar-refractivity contribution in [1.82, 2.24) is 14.7 Å². The highest BCUT2D eigenvalue weighted by Crippen LogP contribution is 2.24. The van der Waals surface area contributed by atoms with Crippen molar-refractivity contribution >= 4 is 21.4 Å². The fourth-order valence-electron chi connectivity index (χ4n) is 3.52. The van der Waals surface area contributed by atoms with Gasteiger partial charge < -0.3 is 10.2 Å². The molecule has 27 heavy (non-hydrogen) atoms. The van der Waals surface area contributed by atoms with E-state index in [1.165, 1.54) is 0 Å². The van der Waals surface area contributed by atoms with Gasteiger partial charge in [-0.3, -0.25) is 4.79 Å². The van der Waals surface area contributed by atoms with E-state index in [-0.39, 0.29) is 23.5 Å². The van der Waals surface area contributed by atoms with Gasteiger partial charge >= 0.3 is 0 Å². The minimum absolute atomic E-state index is 0.0476. The fraction of sp³-hybridized carbons (Fsp3) is 0.474. The van der Waals surface area contributed by atoms with Crippen LogP contribution in [0.4, 0.5) is 5.69 Å². The van der Waals surface area contributed by atoms with E-state index in [0.717, 1.165) is 22.8 Å². The van der Waals surface area contributed by atoms with Crippen molar-refractivity contribution in [3.8, 4) is 5.69 Å². The first-order chi connectivity index (χ1) is 12.7. The summed E-state index contributed by atoms with van der Waals surface area (Å²) in [5, 5.41) is 7.85. The molecule has 0 bridgehead atoms. The first kappa shape index (κ1) is 19.4. The smallest absolute Gasteiger partial charge is 0.244 e. The predicted molar refractivity (Wildman–Crippen MR) is 106 cm³/mol. The van der Waals surface area contributed by atoms with Gasteiger partial charge in [-0.1, -0.05) is 18.2 Å². The molecule has 8 heteroatoms. The Kier molecular flexibility index (Phi) is 5.28. The van der Waals surface area contributed by atoms with Crippen molar-refractivity contribution < 1.29 is 13.2 Å². The number of para-hydroxylation sites is 1. The van der Waals surface area contributed by atoms with E-state index in [9.17, 15) is 13.2 Å². The lowest BCUT2D eigenvalue weighted by atomic mass is 10.2. The zero-order chi connectivity index (χ0) is 19.8. The second kappa shape index (κ2) is 7.34. The number of aryl methyl sites for hydroxylation is 1. The highest BCUT2D eigenvalue weighted by molar-refractivity contribution is 7.91. The number of anilines is 1. The number of amides is 1. The third kappa shape index (κ3) is 4.00. The Bertz CT molecular complexity index is 937. The Hall–Kier alpha value is -2.35. The van der Waals surface area contributed by atoms with Gasteiger partial charge in [-0.25, -0.2) is 13.1 Å². The third-order valence-electron chi connectivity index (χ3n) is 5.13. The maximum Gasteiger partial charge on any atom is 0.244 e. The summed E-state index contributed by atoms with van der Waals surface area (Å²) in [5.41, 5.74) is 3.51. The van der Waals surface area contributed by atoms with E-state index < -0.39 is 15.9 Å². The summed E-state index contributed by atoms with van der Waals surface area (Å²) in [7, 11) is -1.35. The zero-order valence-electron chi connectivity index (χ0n) is 16.1. The molecular formula is C19H26N4O3S. The summed E-state index contributed by atoms with van der Waals surface area (Å²) in [6.45, 7) is 5.65. The van der Waals surface area contributed by atoms with Gasteiger partial charge in [0.25, 0.3) is 0 Å². The molecule has 2 aromatic rings. The highest BCUT2D eigenvalue weighted by Gasteiger charge is 2.34. The number of carbonyl (C=O) groups excluding carboxylic acids is 1. The van der Waals surface area contributed by atoms with Gasteiger partial charge in [0.2, 0.25) is 5.91 Å². The molecule has 1 amide bonds. The molecule has 2 atom stereocenters. The van der Waals surface area contributed by atoms with Crippen molar-refractivity contribution in [1.29, 1.82) is 0 Å². The summed E-state index contributed by atoms with van der Waals surface area (Å²) in [4.78, 5) is 14.4. The molecule has 1 aromatic carbocycles. The van der Waals surface area contributed by atoms with Crippen LogP contribution in [0.25, 0.3) is 5.69 Å². The number of hydrogen-bond donors (Lipinski definition) is 1. The van der Waals surface area contributed by atoms with Crippen LogP contribution in [-0.4, -0.2) is 59.6 Å². The van der Waals surface area contributed by atoms with Crippen molar-refractivity contribution in [2.45, 2.75) is 39.3 Å². The minimum atomic E-state index is -3.03. The summed E-state index contributed by atoms with van der Waals surface area (Å²) in [6.07, 6.45) is 0.501. The molecule has 3 rings (SSSR count). The van der Waals surface area contributed by atoms with Gasteiger partial charge in [0.15, 0.2) is 9.84 Å². The number of nitrogens with one attached hydrogen (secondary N) is 1. The summed E-state index contributed by atoms with van der Waals surface area (Å²) in [5.74, 6) is 0.0776. The van der Waals surface area contributed by atoms with Gasteiger partial charge in [0.1, 0.15) is 6.04 Å². The van der Waals surface area contributed by atoms with Crippen molar-refractivity contribution in [2.24, 2.45) is 0 Å². The van der Waals surface area contributed by atoms with E-state index in [1.54, 1.807) is 18.9 Å². The molecule has 146 valence electrons. The number of rotatable bonds is 5. The normalized spacial score (nSPS) is 19.6. The van der Waals surface area contributed by atoms with Crippen LogP contribution in [0.5, 0.6) is 0 Å². The van der Waals surface area contributed by atoms with Crippen LogP contribution in [0.1, 0.15) is 24.7 Å². The second-order valence-electron chi connectivity index (χ2n) is 7.17. The lowest BCUT2D eigenvalue weighted by molar-refractivity contribution is -0.132. The van der Waals surface area contributed by atoms with Crippen LogP contribution in [0.2, 0.25) is 0 Å². The number of nitrogens with zero attached hydrogens (tertiary/aromatic N) is 3. The molecule has 1 saturated heterocycles. The Balaban J connectivity index is 1.75. The summed E-state index contributed by atoms with van der Waals surface area (Å²) < 4.78 is 25.2. The zero-order valence-corrected chi connectivity index (χ0v) is 17.0. The lowest BCUT2D eigenvalue weighted by Crippen LogP contribution is -2.45. The van der Waals surface area contributed by atoms with Crippen LogP contribution in [-0.2, 0) is 14.6 Å². The molecule has 0 saturated carbocycles. The average Bonchev–Trinajstić information content (AvgIpc) is 3.14. The van der Waals surface area contributed by atoms with Gasteiger partial charge in [-0.15, -0.1) is 0 Å². The summed E-state index contributed by atoms with van der Waals surface area (Å²) >= 11 is 0. The van der Waals surface area contributed by atoms with E-state index >= 15 is 0 Å². The number of hydrogen-bond acceptors (Lipinski definition) is 5. The number of likely N-dealkylation sites (N-methyl/N-ethyl adjacent to an activating group) is 1. The Morgan fingerprint density at radius 1 is 1.30 bits per heavy atom.